The third-order valence-electron chi connectivity index (χ3n) is 2.38. The number of hydrogen-bond donors (Lipinski definition) is 3. The van der Waals surface area contributed by atoms with Crippen molar-refractivity contribution in [2.75, 3.05) is 17.7 Å². The van der Waals surface area contributed by atoms with Gasteiger partial charge in [-0.3, -0.25) is 5.10 Å². The molecule has 0 spiro atoms. The van der Waals surface area contributed by atoms with Gasteiger partial charge in [0.25, 0.3) is 0 Å². The van der Waals surface area contributed by atoms with Crippen LogP contribution in [0.2, 0.25) is 0 Å². The van der Waals surface area contributed by atoms with Crippen LogP contribution in [0.4, 0.5) is 11.5 Å². The van der Waals surface area contributed by atoms with Crippen LogP contribution in [0.25, 0.3) is 0 Å². The Morgan fingerprint density at radius 1 is 1.50 bits per heavy atom. The van der Waals surface area contributed by atoms with Crippen molar-refractivity contribution >= 4 is 11.5 Å². The number of pyridine rings is 1. The maximum absolute atomic E-state index is 5.76. The number of ether oxygens (including phenoxy) is 1. The molecule has 0 saturated heterocycles. The molecule has 1 unspecified atom stereocenters. The second kappa shape index (κ2) is 5.35. The third-order valence-corrected chi connectivity index (χ3v) is 2.38. The second-order valence-electron chi connectivity index (χ2n) is 3.76. The van der Waals surface area contributed by atoms with Crippen LogP contribution in [0.3, 0.4) is 0 Å². The van der Waals surface area contributed by atoms with Gasteiger partial charge in [0, 0.05) is 0 Å². The molecule has 0 aliphatic rings. The van der Waals surface area contributed by atoms with Gasteiger partial charge in [0.05, 0.1) is 18.3 Å². The van der Waals surface area contributed by atoms with Crippen LogP contribution in [0.15, 0.2) is 18.5 Å². The Labute approximate surface area is 105 Å². The number of nitrogens with two attached hydrogens (primary N) is 1. The predicted octanol–water partition coefficient (Wildman–Crippen LogP) is 1.35. The van der Waals surface area contributed by atoms with Crippen molar-refractivity contribution in [1.29, 1.82) is 0 Å². The Bertz CT molecular complexity index is 498. The highest BCUT2D eigenvalue weighted by Crippen LogP contribution is 2.22. The number of aromatic nitrogens is 4. The highest BCUT2D eigenvalue weighted by Gasteiger charge is 2.10. The lowest BCUT2D eigenvalue weighted by atomic mass is 10.3. The smallest absolute Gasteiger partial charge is 0.239 e. The minimum atomic E-state index is -0.0295. The Morgan fingerprint density at radius 3 is 3.00 bits per heavy atom. The Morgan fingerprint density at radius 2 is 2.33 bits per heavy atom. The molecule has 2 heterocycles. The lowest BCUT2D eigenvalue weighted by Crippen LogP contribution is -2.10. The number of rotatable bonds is 5. The van der Waals surface area contributed by atoms with Crippen molar-refractivity contribution in [2.45, 2.75) is 19.9 Å². The number of H-pyrrole nitrogens is 1. The lowest BCUT2D eigenvalue weighted by molar-refractivity contribution is 0.329. The first-order valence-electron chi connectivity index (χ1n) is 5.71. The average molecular weight is 248 g/mol. The van der Waals surface area contributed by atoms with Crippen molar-refractivity contribution in [1.82, 2.24) is 20.2 Å². The topological polar surface area (TPSA) is 102 Å². The van der Waals surface area contributed by atoms with Crippen molar-refractivity contribution in [3.63, 3.8) is 0 Å². The number of hydrogen-bond acceptors (Lipinski definition) is 6. The molecule has 0 aliphatic carbocycles. The van der Waals surface area contributed by atoms with Crippen molar-refractivity contribution in [2.24, 2.45) is 0 Å². The Hall–Kier alpha value is -2.31. The predicted molar refractivity (Wildman–Crippen MR) is 68.2 cm³/mol. The molecule has 96 valence electrons. The zero-order valence-corrected chi connectivity index (χ0v) is 10.3. The fraction of sp³-hybridized carbons (Fsp3) is 0.364. The van der Waals surface area contributed by atoms with Crippen LogP contribution < -0.4 is 15.8 Å². The molecule has 0 radical (unpaired) electrons. The molecular weight excluding hydrogens is 232 g/mol. The molecule has 0 saturated carbocycles. The first kappa shape index (κ1) is 12.2. The van der Waals surface area contributed by atoms with E-state index >= 15 is 0 Å². The molecule has 7 nitrogen and oxygen atoms in total. The van der Waals surface area contributed by atoms with Crippen molar-refractivity contribution in [3.05, 3.63) is 24.3 Å². The molecule has 0 aliphatic heterocycles. The molecular formula is C11H16N6O. The fourth-order valence-corrected chi connectivity index (χ4v) is 1.50. The molecule has 0 fully saturated rings. The van der Waals surface area contributed by atoms with E-state index in [4.69, 9.17) is 10.5 Å². The highest BCUT2D eigenvalue weighted by molar-refractivity contribution is 5.53. The maximum Gasteiger partial charge on any atom is 0.239 e. The quantitative estimate of drug-likeness (QED) is 0.738. The van der Waals surface area contributed by atoms with E-state index in [2.05, 4.69) is 25.5 Å². The Balaban J connectivity index is 2.12. The monoisotopic (exact) mass is 248 g/mol. The molecule has 2 aromatic heterocycles. The van der Waals surface area contributed by atoms with E-state index in [9.17, 15) is 0 Å². The number of nitrogen functional groups attached to an aromatic ring is 1. The average Bonchev–Trinajstić information content (AvgIpc) is 2.87. The summed E-state index contributed by atoms with van der Waals surface area (Å²) >= 11 is 0. The van der Waals surface area contributed by atoms with E-state index in [1.165, 1.54) is 6.33 Å². The number of nitrogens with zero attached hydrogens (tertiary/aromatic N) is 3. The van der Waals surface area contributed by atoms with Crippen LogP contribution in [-0.2, 0) is 0 Å². The molecule has 0 aromatic carbocycles. The van der Waals surface area contributed by atoms with E-state index in [-0.39, 0.29) is 6.04 Å². The summed E-state index contributed by atoms with van der Waals surface area (Å²) in [4.78, 5) is 8.37. The lowest BCUT2D eigenvalue weighted by Gasteiger charge is -2.13. The molecule has 2 aromatic rings. The summed E-state index contributed by atoms with van der Waals surface area (Å²) in [5, 5.41) is 9.80. The normalized spacial score (nSPS) is 12.1. The minimum absolute atomic E-state index is 0.0295. The van der Waals surface area contributed by atoms with Gasteiger partial charge in [0.15, 0.2) is 0 Å². The first-order valence-corrected chi connectivity index (χ1v) is 5.71. The molecule has 0 amide bonds. The van der Waals surface area contributed by atoms with E-state index in [0.717, 1.165) is 5.82 Å². The summed E-state index contributed by atoms with van der Waals surface area (Å²) in [5.74, 6) is 1.86. The first-order chi connectivity index (χ1) is 8.70. The van der Waals surface area contributed by atoms with Crippen molar-refractivity contribution in [3.8, 4) is 5.88 Å². The van der Waals surface area contributed by atoms with Gasteiger partial charge in [-0.15, -0.1) is 0 Å². The summed E-state index contributed by atoms with van der Waals surface area (Å²) in [7, 11) is 0. The van der Waals surface area contributed by atoms with Gasteiger partial charge in [0.1, 0.15) is 18.0 Å². The minimum Gasteiger partial charge on any atom is -0.476 e. The van der Waals surface area contributed by atoms with Gasteiger partial charge >= 0.3 is 0 Å². The van der Waals surface area contributed by atoms with Gasteiger partial charge in [-0.2, -0.15) is 10.1 Å². The maximum atomic E-state index is 5.76. The molecule has 2 rings (SSSR count). The summed E-state index contributed by atoms with van der Waals surface area (Å²) in [6.45, 7) is 4.37. The van der Waals surface area contributed by atoms with Crippen LogP contribution in [-0.4, -0.2) is 26.8 Å². The van der Waals surface area contributed by atoms with Crippen LogP contribution in [0, 0.1) is 0 Å². The van der Waals surface area contributed by atoms with Gasteiger partial charge in [-0.05, 0) is 26.0 Å². The zero-order chi connectivity index (χ0) is 13.0. The summed E-state index contributed by atoms with van der Waals surface area (Å²) in [6, 6.07) is 3.52. The molecule has 0 bridgehead atoms. The fourth-order valence-electron chi connectivity index (χ4n) is 1.50. The van der Waals surface area contributed by atoms with Gasteiger partial charge in [0.2, 0.25) is 5.88 Å². The number of aromatic amines is 1. The third kappa shape index (κ3) is 2.68. The van der Waals surface area contributed by atoms with E-state index in [0.29, 0.717) is 24.0 Å². The summed E-state index contributed by atoms with van der Waals surface area (Å²) < 4.78 is 5.34. The van der Waals surface area contributed by atoms with Crippen LogP contribution in [0.5, 0.6) is 5.88 Å². The molecule has 4 N–H and O–H groups in total. The zero-order valence-electron chi connectivity index (χ0n) is 10.3. The number of nitrogens with one attached hydrogen (secondary N) is 2. The van der Waals surface area contributed by atoms with E-state index < -0.39 is 0 Å². The standard InChI is InChI=1S/C11H16N6O/c1-3-18-11-8(12)4-5-9(16-11)15-7(2)10-13-6-14-17-10/h4-7H,3,12H2,1-2H3,(H,15,16)(H,13,14,17). The summed E-state index contributed by atoms with van der Waals surface area (Å²) in [5.41, 5.74) is 6.28. The van der Waals surface area contributed by atoms with Crippen molar-refractivity contribution < 1.29 is 4.74 Å². The summed E-state index contributed by atoms with van der Waals surface area (Å²) in [6.07, 6.45) is 1.47. The second-order valence-corrected chi connectivity index (χ2v) is 3.76. The van der Waals surface area contributed by atoms with E-state index in [1.54, 1.807) is 12.1 Å². The Kier molecular flexibility index (Phi) is 3.61. The van der Waals surface area contributed by atoms with Crippen LogP contribution in [0.1, 0.15) is 25.7 Å². The van der Waals surface area contributed by atoms with Gasteiger partial charge < -0.3 is 15.8 Å². The number of anilines is 2. The molecule has 18 heavy (non-hydrogen) atoms. The SMILES string of the molecule is CCOc1nc(NC(C)c2ncn[nH]2)ccc1N. The van der Waals surface area contributed by atoms with Crippen LogP contribution >= 0.6 is 0 Å². The largest absolute Gasteiger partial charge is 0.476 e. The van der Waals surface area contributed by atoms with Gasteiger partial charge in [-0.1, -0.05) is 0 Å². The molecule has 7 heteroatoms. The van der Waals surface area contributed by atoms with Gasteiger partial charge in [-0.25, -0.2) is 4.98 Å². The molecule has 1 atom stereocenters. The highest BCUT2D eigenvalue weighted by atomic mass is 16.5. The van der Waals surface area contributed by atoms with E-state index in [1.807, 2.05) is 13.8 Å².